The molecule has 50 heavy (non-hydrogen) atoms. The van der Waals surface area contributed by atoms with Gasteiger partial charge in [0.05, 0.1) is 12.2 Å². The van der Waals surface area contributed by atoms with E-state index in [4.69, 9.17) is 9.47 Å². The molecule has 0 saturated carbocycles. The third-order valence-corrected chi connectivity index (χ3v) is 11.4. The normalized spacial score (nSPS) is 21.3. The van der Waals surface area contributed by atoms with Gasteiger partial charge in [-0.2, -0.15) is 0 Å². The molecule has 0 bridgehead atoms. The predicted molar refractivity (Wildman–Crippen MR) is 224 cm³/mol. The Morgan fingerprint density at radius 2 is 0.880 bits per heavy atom. The van der Waals surface area contributed by atoms with Gasteiger partial charge in [-0.1, -0.05) is 174 Å². The van der Waals surface area contributed by atoms with Crippen LogP contribution in [0.5, 0.6) is 0 Å². The van der Waals surface area contributed by atoms with E-state index in [9.17, 15) is 0 Å². The molecule has 1 saturated heterocycles. The molecule has 1 aliphatic rings. The van der Waals surface area contributed by atoms with Crippen molar-refractivity contribution in [1.82, 2.24) is 0 Å². The Morgan fingerprint density at radius 3 is 1.26 bits per heavy atom. The molecule has 0 aliphatic carbocycles. The van der Waals surface area contributed by atoms with Crippen LogP contribution in [0.1, 0.15) is 222 Å². The largest absolute Gasteiger partial charge is 0.344 e. The third-order valence-electron chi connectivity index (χ3n) is 11.4. The smallest absolute Gasteiger partial charge is 0.166 e. The second-order valence-corrected chi connectivity index (χ2v) is 16.3. The van der Waals surface area contributed by atoms with Crippen molar-refractivity contribution in [1.29, 1.82) is 0 Å². The van der Waals surface area contributed by atoms with E-state index in [2.05, 4.69) is 97.1 Å². The predicted octanol–water partition coefficient (Wildman–Crippen LogP) is 16.2. The van der Waals surface area contributed by atoms with Gasteiger partial charge < -0.3 is 9.47 Å². The van der Waals surface area contributed by atoms with Crippen LogP contribution in [0.4, 0.5) is 0 Å². The van der Waals surface area contributed by atoms with E-state index in [-0.39, 0.29) is 12.2 Å². The van der Waals surface area contributed by atoms with Crippen LogP contribution in [0.2, 0.25) is 0 Å². The molecule has 0 aromatic rings. The summed E-state index contributed by atoms with van der Waals surface area (Å²) in [6, 6.07) is 0. The van der Waals surface area contributed by atoms with Gasteiger partial charge in [0.25, 0.3) is 0 Å². The number of hydrogen-bond acceptors (Lipinski definition) is 2. The number of ether oxygens (including phenoxy) is 2. The van der Waals surface area contributed by atoms with Crippen LogP contribution in [-0.2, 0) is 9.47 Å². The number of rotatable bonds is 34. The summed E-state index contributed by atoms with van der Waals surface area (Å²) in [5.74, 6) is 1.82. The minimum Gasteiger partial charge on any atom is -0.344 e. The Labute approximate surface area is 314 Å². The highest BCUT2D eigenvalue weighted by atomic mass is 16.8. The van der Waals surface area contributed by atoms with E-state index in [1.165, 1.54) is 141 Å². The van der Waals surface area contributed by atoms with Crippen LogP contribution in [0.25, 0.3) is 0 Å². The first-order chi connectivity index (χ1) is 24.4. The van der Waals surface area contributed by atoms with Crippen molar-refractivity contribution in [3.05, 3.63) is 48.6 Å². The summed E-state index contributed by atoms with van der Waals surface area (Å²) in [4.78, 5) is 0. The highest BCUT2D eigenvalue weighted by molar-refractivity contribution is 4.93. The second kappa shape index (κ2) is 32.5. The zero-order valence-electron chi connectivity index (χ0n) is 34.9. The molecule has 0 aromatic carbocycles. The molecular formula is C48H88O2. The van der Waals surface area contributed by atoms with Crippen LogP contribution in [-0.4, -0.2) is 18.0 Å². The second-order valence-electron chi connectivity index (χ2n) is 16.3. The van der Waals surface area contributed by atoms with Gasteiger partial charge in [-0.25, -0.2) is 0 Å². The molecule has 2 heteroatoms. The van der Waals surface area contributed by atoms with Crippen molar-refractivity contribution in [2.24, 2.45) is 17.8 Å². The van der Waals surface area contributed by atoms with Gasteiger partial charge >= 0.3 is 0 Å². The molecule has 4 atom stereocenters. The summed E-state index contributed by atoms with van der Waals surface area (Å²) in [6.07, 6.45) is 53.6. The first kappa shape index (κ1) is 46.9. The fourth-order valence-corrected chi connectivity index (χ4v) is 7.57. The van der Waals surface area contributed by atoms with Crippen LogP contribution >= 0.6 is 0 Å². The van der Waals surface area contributed by atoms with Crippen molar-refractivity contribution in [3.63, 3.8) is 0 Å². The lowest BCUT2D eigenvalue weighted by atomic mass is 9.80. The zero-order chi connectivity index (χ0) is 36.5. The molecule has 0 radical (unpaired) electrons. The highest BCUT2D eigenvalue weighted by Crippen LogP contribution is 2.39. The van der Waals surface area contributed by atoms with E-state index >= 15 is 0 Å². The van der Waals surface area contributed by atoms with Gasteiger partial charge in [0, 0.05) is 6.42 Å². The lowest BCUT2D eigenvalue weighted by Crippen LogP contribution is -2.29. The summed E-state index contributed by atoms with van der Waals surface area (Å²) in [5, 5.41) is 0. The molecule has 0 spiro atoms. The summed E-state index contributed by atoms with van der Waals surface area (Å²) in [6.45, 7) is 16.3. The van der Waals surface area contributed by atoms with Gasteiger partial charge in [-0.05, 0) is 108 Å². The minimum absolute atomic E-state index is 0.270. The summed E-state index contributed by atoms with van der Waals surface area (Å²) in [5.41, 5.74) is 0. The quantitative estimate of drug-likeness (QED) is 0.0492. The topological polar surface area (TPSA) is 18.5 Å². The Kier molecular flexibility index (Phi) is 30.5. The van der Waals surface area contributed by atoms with Crippen molar-refractivity contribution in [2.45, 2.75) is 240 Å². The molecule has 0 aromatic heterocycles. The van der Waals surface area contributed by atoms with Crippen LogP contribution < -0.4 is 0 Å². The summed E-state index contributed by atoms with van der Waals surface area (Å²) >= 11 is 0. The maximum atomic E-state index is 6.84. The van der Waals surface area contributed by atoms with Crippen molar-refractivity contribution >= 4 is 0 Å². The Hall–Kier alpha value is -1.12. The highest BCUT2D eigenvalue weighted by Gasteiger charge is 2.43. The molecule has 0 N–H and O–H groups in total. The van der Waals surface area contributed by atoms with Crippen LogP contribution in [0, 0.1) is 17.8 Å². The van der Waals surface area contributed by atoms with Crippen molar-refractivity contribution in [3.8, 4) is 0 Å². The summed E-state index contributed by atoms with van der Waals surface area (Å²) < 4.78 is 13.7. The third kappa shape index (κ3) is 25.0. The van der Waals surface area contributed by atoms with E-state index in [0.717, 1.165) is 49.9 Å². The first-order valence-corrected chi connectivity index (χ1v) is 22.3. The lowest BCUT2D eigenvalue weighted by molar-refractivity contribution is -0.169. The van der Waals surface area contributed by atoms with Gasteiger partial charge in [-0.15, -0.1) is 0 Å². The van der Waals surface area contributed by atoms with Gasteiger partial charge in [0.2, 0.25) is 0 Å². The van der Waals surface area contributed by atoms with E-state index in [0.29, 0.717) is 0 Å². The molecular weight excluding hydrogens is 609 g/mol. The fraction of sp³-hybridized carbons (Fsp3) is 0.833. The lowest BCUT2D eigenvalue weighted by Gasteiger charge is -2.30. The average molecular weight is 697 g/mol. The Balaban J connectivity index is 2.39. The molecule has 292 valence electrons. The van der Waals surface area contributed by atoms with E-state index in [1.54, 1.807) is 0 Å². The maximum absolute atomic E-state index is 6.84. The SMILES string of the molecule is CCCCCC=CCC=CCCCCCCCC1OC(C)(CCC(CC)C(C)C(C)C)OC1CCCCCCCC=CCC=CCCCCC. The molecule has 2 nitrogen and oxygen atoms in total. The number of unbranched alkanes of at least 4 members (excludes halogenated alkanes) is 16. The zero-order valence-corrected chi connectivity index (χ0v) is 34.9. The molecule has 1 rings (SSSR count). The Bertz CT molecular complexity index is 796. The Morgan fingerprint density at radius 1 is 0.500 bits per heavy atom. The first-order valence-electron chi connectivity index (χ1n) is 22.3. The fourth-order valence-electron chi connectivity index (χ4n) is 7.57. The van der Waals surface area contributed by atoms with Crippen molar-refractivity contribution in [2.75, 3.05) is 0 Å². The molecule has 1 heterocycles. The molecule has 1 fully saturated rings. The molecule has 4 unspecified atom stereocenters. The van der Waals surface area contributed by atoms with Crippen molar-refractivity contribution < 1.29 is 9.47 Å². The molecule has 1 aliphatic heterocycles. The monoisotopic (exact) mass is 697 g/mol. The van der Waals surface area contributed by atoms with Gasteiger partial charge in [0.1, 0.15) is 0 Å². The van der Waals surface area contributed by atoms with Crippen LogP contribution in [0.3, 0.4) is 0 Å². The van der Waals surface area contributed by atoms with E-state index < -0.39 is 5.79 Å². The molecule has 0 amide bonds. The average Bonchev–Trinajstić information content (AvgIpc) is 3.43. The summed E-state index contributed by atoms with van der Waals surface area (Å²) in [7, 11) is 0. The maximum Gasteiger partial charge on any atom is 0.166 e. The van der Waals surface area contributed by atoms with Crippen LogP contribution in [0.15, 0.2) is 48.6 Å². The number of allylic oxidation sites excluding steroid dienone is 8. The number of hydrogen-bond donors (Lipinski definition) is 0. The van der Waals surface area contributed by atoms with Gasteiger partial charge in [0.15, 0.2) is 5.79 Å². The van der Waals surface area contributed by atoms with Gasteiger partial charge in [-0.3, -0.25) is 0 Å². The minimum atomic E-state index is -0.409. The van der Waals surface area contributed by atoms with E-state index in [1.807, 2.05) is 0 Å². The standard InChI is InChI=1S/C48H88O2/c1-8-11-13-15-17-19-21-23-25-27-29-31-33-35-37-39-46-47(50-48(7,49-46)42-41-45(10-3)44(6)43(4)5)40-38-36-34-32-30-28-26-24-22-20-18-16-14-12-9-2/h17-20,23-26,43-47H,8-16,21-22,27-42H2,1-7H3.